The predicted octanol–water partition coefficient (Wildman–Crippen LogP) is 13.8. The largest absolute Gasteiger partial charge is 0.307 e. The molecule has 6 heteroatoms. The van der Waals surface area contributed by atoms with Crippen LogP contribution in [-0.4, -0.2) is 19.9 Å². The Morgan fingerprint density at radius 3 is 1.45 bits per heavy atom. The first-order valence-corrected chi connectivity index (χ1v) is 20.3. The lowest BCUT2D eigenvalue weighted by atomic mass is 9.81. The fourth-order valence-electron chi connectivity index (χ4n) is 8.95. The molecule has 11 rings (SSSR count). The smallest absolute Gasteiger partial charge is 0.0645 e. The maximum Gasteiger partial charge on any atom is 0.0645 e. The van der Waals surface area contributed by atoms with Gasteiger partial charge in [0, 0.05) is 36.2 Å². The third kappa shape index (κ3) is 6.32. The van der Waals surface area contributed by atoms with Crippen molar-refractivity contribution in [1.29, 1.82) is 0 Å². The van der Waals surface area contributed by atoms with E-state index in [4.69, 9.17) is 0 Å². The number of hydrogen-bond donors (Lipinski definition) is 0. The van der Waals surface area contributed by atoms with E-state index in [-0.39, 0.29) is 0 Å². The Kier molecular flexibility index (Phi) is 8.86. The van der Waals surface area contributed by atoms with Gasteiger partial charge in [-0.25, -0.2) is 0 Å². The van der Waals surface area contributed by atoms with Crippen LogP contribution in [-0.2, 0) is 6.42 Å². The molecule has 0 fully saturated rings. The minimum Gasteiger partial charge on any atom is -0.307 e. The molecule has 0 bridgehead atoms. The summed E-state index contributed by atoms with van der Waals surface area (Å²) in [5.74, 6) is 0. The average molecular weight is 771 g/mol. The zero-order valence-corrected chi connectivity index (χ0v) is 32.7. The summed E-state index contributed by atoms with van der Waals surface area (Å²) < 4.78 is 0. The molecule has 0 spiro atoms. The zero-order chi connectivity index (χ0) is 39.8. The zero-order valence-electron chi connectivity index (χ0n) is 32.7. The molecule has 0 atom stereocenters. The van der Waals surface area contributed by atoms with Gasteiger partial charge in [0.1, 0.15) is 0 Å². The average Bonchev–Trinajstić information content (AvgIpc) is 3.32. The SMILES string of the molecule is C1=C(c2c3cc(N(c4cccnc4)c4cccnc4)ccc3c(-c3ccc4ccccc4c3)c3cc(N(c4cccnc4)c4cccnc4)ccc23)CCc2ccccc21. The molecule has 0 radical (unpaired) electrons. The number of nitrogens with zero attached hydrogens (tertiary/aromatic N) is 6. The van der Waals surface area contributed by atoms with E-state index in [0.29, 0.717) is 0 Å². The van der Waals surface area contributed by atoms with Gasteiger partial charge in [-0.1, -0.05) is 78.9 Å². The summed E-state index contributed by atoms with van der Waals surface area (Å²) in [5, 5.41) is 7.15. The Balaban J connectivity index is 1.25. The minimum absolute atomic E-state index is 0.926. The molecule has 0 unspecified atom stereocenters. The lowest BCUT2D eigenvalue weighted by molar-refractivity contribution is 1.00. The quantitative estimate of drug-likeness (QED) is 0.143. The lowest BCUT2D eigenvalue weighted by Crippen LogP contribution is -2.11. The number of hydrogen-bond acceptors (Lipinski definition) is 6. The number of aromatic nitrogens is 4. The molecule has 4 heterocycles. The number of allylic oxidation sites excluding steroid dienone is 1. The van der Waals surface area contributed by atoms with Crippen LogP contribution in [0.3, 0.4) is 0 Å². The molecule has 10 aromatic rings. The Morgan fingerprint density at radius 1 is 0.367 bits per heavy atom. The van der Waals surface area contributed by atoms with Crippen molar-refractivity contribution in [2.75, 3.05) is 9.80 Å². The molecule has 0 saturated carbocycles. The van der Waals surface area contributed by atoms with Crippen molar-refractivity contribution in [3.05, 3.63) is 218 Å². The van der Waals surface area contributed by atoms with Gasteiger partial charge < -0.3 is 9.80 Å². The highest BCUT2D eigenvalue weighted by molar-refractivity contribution is 6.21. The van der Waals surface area contributed by atoms with E-state index in [2.05, 4.69) is 163 Å². The molecule has 1 aliphatic rings. The molecular weight excluding hydrogens is 733 g/mol. The molecule has 6 nitrogen and oxygen atoms in total. The van der Waals surface area contributed by atoms with Gasteiger partial charge in [0.15, 0.2) is 0 Å². The summed E-state index contributed by atoms with van der Waals surface area (Å²) in [6, 6.07) is 54.5. The van der Waals surface area contributed by atoms with Crippen LogP contribution in [0.5, 0.6) is 0 Å². The van der Waals surface area contributed by atoms with Gasteiger partial charge in [0.05, 0.1) is 47.5 Å². The molecular formula is C54H38N6. The van der Waals surface area contributed by atoms with Crippen LogP contribution in [0.15, 0.2) is 201 Å². The topological polar surface area (TPSA) is 58.0 Å². The summed E-state index contributed by atoms with van der Waals surface area (Å²) >= 11 is 0. The van der Waals surface area contributed by atoms with E-state index in [0.717, 1.165) is 52.5 Å². The van der Waals surface area contributed by atoms with Gasteiger partial charge in [-0.3, -0.25) is 19.9 Å². The number of fused-ring (bicyclic) bond motifs is 4. The molecule has 4 aromatic heterocycles. The monoisotopic (exact) mass is 770 g/mol. The Labute approximate surface area is 348 Å². The maximum absolute atomic E-state index is 4.53. The Morgan fingerprint density at radius 2 is 0.883 bits per heavy atom. The van der Waals surface area contributed by atoms with E-state index in [1.165, 1.54) is 60.1 Å². The van der Waals surface area contributed by atoms with Crippen molar-refractivity contribution < 1.29 is 0 Å². The molecule has 1 aliphatic carbocycles. The number of anilines is 6. The van der Waals surface area contributed by atoms with E-state index in [1.807, 2.05) is 73.8 Å². The molecule has 6 aromatic carbocycles. The van der Waals surface area contributed by atoms with Crippen LogP contribution >= 0.6 is 0 Å². The van der Waals surface area contributed by atoms with Crippen LogP contribution < -0.4 is 9.80 Å². The van der Waals surface area contributed by atoms with Crippen molar-refractivity contribution in [3.63, 3.8) is 0 Å². The fourth-order valence-corrected chi connectivity index (χ4v) is 8.95. The molecule has 0 amide bonds. The van der Waals surface area contributed by atoms with Crippen molar-refractivity contribution in [3.8, 4) is 11.1 Å². The first-order chi connectivity index (χ1) is 29.8. The van der Waals surface area contributed by atoms with Crippen LogP contribution in [0.4, 0.5) is 34.1 Å². The molecule has 0 saturated heterocycles. The number of benzene rings is 6. The normalized spacial score (nSPS) is 12.3. The van der Waals surface area contributed by atoms with Crippen LogP contribution in [0, 0.1) is 0 Å². The van der Waals surface area contributed by atoms with Gasteiger partial charge in [0.2, 0.25) is 0 Å². The van der Waals surface area contributed by atoms with E-state index in [1.54, 1.807) is 0 Å². The van der Waals surface area contributed by atoms with Gasteiger partial charge in [0.25, 0.3) is 0 Å². The second-order valence-electron chi connectivity index (χ2n) is 15.2. The second-order valence-corrected chi connectivity index (χ2v) is 15.2. The third-order valence-electron chi connectivity index (χ3n) is 11.6. The molecule has 0 N–H and O–H groups in total. The molecule has 0 aliphatic heterocycles. The Bertz CT molecular complexity index is 3130. The lowest BCUT2D eigenvalue weighted by Gasteiger charge is -2.28. The van der Waals surface area contributed by atoms with Crippen molar-refractivity contribution in [2.24, 2.45) is 0 Å². The third-order valence-corrected chi connectivity index (χ3v) is 11.6. The van der Waals surface area contributed by atoms with Gasteiger partial charge in [-0.2, -0.15) is 0 Å². The van der Waals surface area contributed by atoms with Crippen LogP contribution in [0.1, 0.15) is 23.1 Å². The first-order valence-electron chi connectivity index (χ1n) is 20.3. The highest BCUT2D eigenvalue weighted by Crippen LogP contribution is 2.48. The number of pyridine rings is 4. The highest BCUT2D eigenvalue weighted by atomic mass is 15.2. The number of aryl methyl sites for hydroxylation is 1. The summed E-state index contributed by atoms with van der Waals surface area (Å²) in [6.45, 7) is 0. The standard InChI is InChI=1S/C54H38N6/c1-3-11-39-29-41(19-17-37(39)9-1)53-49-23-21-44(60(47-15-7-27-57-35-47)48-16-8-28-58-36-48)32-52(49)54(42-20-18-38-10-2-4-12-40(38)30-42)50-24-22-43(31-51(50)53)59(45-13-5-25-55-33-45)46-14-6-26-56-34-46/h1-17,19,21-36H,18,20H2. The van der Waals surface area contributed by atoms with Crippen molar-refractivity contribution in [1.82, 2.24) is 19.9 Å². The minimum atomic E-state index is 0.926. The second kappa shape index (κ2) is 15.1. The van der Waals surface area contributed by atoms with Gasteiger partial charge in [-0.15, -0.1) is 0 Å². The molecule has 284 valence electrons. The van der Waals surface area contributed by atoms with Gasteiger partial charge >= 0.3 is 0 Å². The number of rotatable bonds is 8. The summed E-state index contributed by atoms with van der Waals surface area (Å²) in [5.41, 5.74) is 13.5. The predicted molar refractivity (Wildman–Crippen MR) is 248 cm³/mol. The first kappa shape index (κ1) is 35.2. The van der Waals surface area contributed by atoms with Crippen LogP contribution in [0.25, 0.3) is 55.1 Å². The maximum atomic E-state index is 4.53. The van der Waals surface area contributed by atoms with E-state index < -0.39 is 0 Å². The van der Waals surface area contributed by atoms with Crippen molar-refractivity contribution >= 4 is 78.1 Å². The van der Waals surface area contributed by atoms with Crippen molar-refractivity contribution in [2.45, 2.75) is 12.8 Å². The highest BCUT2D eigenvalue weighted by Gasteiger charge is 2.24. The van der Waals surface area contributed by atoms with Gasteiger partial charge in [-0.05, 0) is 157 Å². The van der Waals surface area contributed by atoms with Crippen LogP contribution in [0.2, 0.25) is 0 Å². The summed E-state index contributed by atoms with van der Waals surface area (Å²) in [4.78, 5) is 22.6. The fraction of sp³-hybridized carbons (Fsp3) is 0.0370. The summed E-state index contributed by atoms with van der Waals surface area (Å²) in [7, 11) is 0. The Hall–Kier alpha value is -7.96. The summed E-state index contributed by atoms with van der Waals surface area (Å²) in [6.07, 6.45) is 19.2. The molecule has 60 heavy (non-hydrogen) atoms. The van der Waals surface area contributed by atoms with E-state index in [9.17, 15) is 0 Å². The van der Waals surface area contributed by atoms with E-state index >= 15 is 0 Å².